The molecule has 3 fully saturated rings. The number of nitrogens with zero attached hydrogens (tertiary/aromatic N) is 6. The van der Waals surface area contributed by atoms with Crippen molar-refractivity contribution in [2.75, 3.05) is 40.2 Å². The number of esters is 2. The van der Waals surface area contributed by atoms with E-state index >= 15 is 0 Å². The molecule has 3 aliphatic heterocycles. The lowest BCUT2D eigenvalue weighted by Crippen LogP contribution is -2.60. The van der Waals surface area contributed by atoms with Gasteiger partial charge in [-0.1, -0.05) is 57.2 Å². The van der Waals surface area contributed by atoms with Crippen molar-refractivity contribution >= 4 is 29.5 Å². The molecular formula is C49H70FN7O11. The number of methoxy groups -OCH3 is 2. The fraction of sp³-hybridized carbons (Fsp3) is 0.673. The van der Waals surface area contributed by atoms with E-state index < -0.39 is 114 Å². The molecule has 5 heterocycles. The number of carbonyl (C=O) groups is 4. The van der Waals surface area contributed by atoms with Gasteiger partial charge in [0.05, 0.1) is 29.9 Å². The van der Waals surface area contributed by atoms with Crippen LogP contribution in [0, 0.1) is 29.6 Å². The van der Waals surface area contributed by atoms with Gasteiger partial charge in [0.2, 0.25) is 5.95 Å². The molecule has 3 N–H and O–H groups in total. The van der Waals surface area contributed by atoms with Gasteiger partial charge < -0.3 is 44.2 Å². The maximum atomic E-state index is 14.8. The number of likely N-dealkylation sites (N-methyl/N-ethyl adjacent to an activating group) is 1. The first-order chi connectivity index (χ1) is 32.2. The van der Waals surface area contributed by atoms with Crippen LogP contribution in [0.25, 0.3) is 11.1 Å². The number of carbonyl (C=O) groups excluding carboxylic acids is 4. The zero-order valence-corrected chi connectivity index (χ0v) is 41.2. The number of Topliss-reactive ketones (excluding diaryl/α,β-unsaturated/α-hetero) is 2. The van der Waals surface area contributed by atoms with E-state index in [0.717, 1.165) is 16.7 Å². The van der Waals surface area contributed by atoms with E-state index in [4.69, 9.17) is 34.2 Å². The van der Waals surface area contributed by atoms with Crippen LogP contribution >= 0.6 is 0 Å². The van der Waals surface area contributed by atoms with Gasteiger partial charge in [-0.25, -0.2) is 19.0 Å². The molecule has 0 spiro atoms. The molecule has 15 atom stereocenters. The Hall–Kier alpha value is -4.79. The van der Waals surface area contributed by atoms with E-state index in [9.17, 15) is 28.7 Å². The highest BCUT2D eigenvalue weighted by Gasteiger charge is 2.57. The molecule has 0 aliphatic carbocycles. The van der Waals surface area contributed by atoms with Crippen LogP contribution in [0.3, 0.4) is 0 Å². The van der Waals surface area contributed by atoms with Crippen LogP contribution in [0.15, 0.2) is 42.9 Å². The summed E-state index contributed by atoms with van der Waals surface area (Å²) in [5.74, 6) is -5.90. The van der Waals surface area contributed by atoms with Crippen molar-refractivity contribution in [3.05, 3.63) is 54.1 Å². The molecule has 0 radical (unpaired) electrons. The predicted molar refractivity (Wildman–Crippen MR) is 246 cm³/mol. The summed E-state index contributed by atoms with van der Waals surface area (Å²) in [6.07, 6.45) is 0.602. The second-order valence-electron chi connectivity index (χ2n) is 19.4. The lowest BCUT2D eigenvalue weighted by molar-refractivity contribution is -0.296. The van der Waals surface area contributed by atoms with Crippen molar-refractivity contribution in [3.63, 3.8) is 0 Å². The van der Waals surface area contributed by atoms with Crippen molar-refractivity contribution in [1.29, 1.82) is 0 Å². The van der Waals surface area contributed by atoms with E-state index in [1.807, 2.05) is 43.1 Å². The first-order valence-electron chi connectivity index (χ1n) is 23.6. The van der Waals surface area contributed by atoms with Crippen LogP contribution in [0.2, 0.25) is 0 Å². The fourth-order valence-corrected chi connectivity index (χ4v) is 10.6. The molecule has 0 amide bonds. The number of ketones is 2. The number of anilines is 1. The zero-order valence-electron chi connectivity index (χ0n) is 41.2. The molecule has 0 bridgehead atoms. The van der Waals surface area contributed by atoms with Crippen LogP contribution < -0.4 is 5.73 Å². The Morgan fingerprint density at radius 2 is 1.68 bits per heavy atom. The van der Waals surface area contributed by atoms with Gasteiger partial charge in [-0.05, 0) is 65.1 Å². The third-order valence-corrected chi connectivity index (χ3v) is 14.8. The average Bonchev–Trinajstić information content (AvgIpc) is 3.93. The molecule has 18 nitrogen and oxygen atoms in total. The number of halogens is 1. The maximum absolute atomic E-state index is 14.8. The molecule has 0 unspecified atom stereocenters. The second kappa shape index (κ2) is 21.9. The monoisotopic (exact) mass is 952 g/mol. The highest BCUT2D eigenvalue weighted by Crippen LogP contribution is 2.45. The molecule has 3 aliphatic rings. The van der Waals surface area contributed by atoms with Crippen molar-refractivity contribution < 1.29 is 57.1 Å². The lowest BCUT2D eigenvalue weighted by atomic mass is 9.70. The molecule has 68 heavy (non-hydrogen) atoms. The van der Waals surface area contributed by atoms with Crippen molar-refractivity contribution in [3.8, 4) is 11.1 Å². The van der Waals surface area contributed by atoms with Gasteiger partial charge in [0.1, 0.15) is 48.3 Å². The molecule has 2 aromatic heterocycles. The minimum atomic E-state index is -1.32. The summed E-state index contributed by atoms with van der Waals surface area (Å²) in [7, 11) is 4.85. The SMILES string of the molecule is CC[C@H]1OC(=O)[C@H](C)C(=O)[C@H](C)[C@@H](O[C@@H]2O[C@H](C)C[C@H](N(C)CCc3cn([C@H](CF)[C@H](OC)c4ccc(-c5cnc(N)nc5)cc4)nn3)[C@H]2O)[C@](C)(OC)C[C@@H](C)C(=O)[C@H](C)[C@H]2CC(=O)O[C@@]21C. The number of aromatic nitrogens is 5. The van der Waals surface area contributed by atoms with E-state index in [0.29, 0.717) is 25.1 Å². The lowest BCUT2D eigenvalue weighted by Gasteiger charge is -2.47. The zero-order chi connectivity index (χ0) is 49.8. The van der Waals surface area contributed by atoms with Gasteiger partial charge in [-0.2, -0.15) is 0 Å². The molecule has 3 saturated heterocycles. The number of alkyl halides is 1. The number of nitrogens with two attached hydrogens (primary N) is 1. The van der Waals surface area contributed by atoms with Crippen molar-refractivity contribution in [2.24, 2.45) is 29.6 Å². The summed E-state index contributed by atoms with van der Waals surface area (Å²) in [5.41, 5.74) is 6.02. The first-order valence-corrected chi connectivity index (χ1v) is 23.6. The van der Waals surface area contributed by atoms with Crippen LogP contribution in [-0.4, -0.2) is 141 Å². The Morgan fingerprint density at radius 1 is 1.00 bits per heavy atom. The second-order valence-corrected chi connectivity index (χ2v) is 19.4. The summed E-state index contributed by atoms with van der Waals surface area (Å²) >= 11 is 0. The molecule has 6 rings (SSSR count). The molecular weight excluding hydrogens is 882 g/mol. The topological polar surface area (TPSA) is 230 Å². The smallest absolute Gasteiger partial charge is 0.316 e. The molecule has 1 aromatic carbocycles. The number of hydrogen-bond donors (Lipinski definition) is 2. The standard InChI is InChI=1S/C49H70FN7O11/c1-12-38-49(8)35(20-39(58)68-49)28(4)40(59)26(2)21-48(7,64-11)44(29(5)41(60)30(6)45(62)66-38)67-46-42(61)36(19-27(3)65-46)56(9)18-17-34-25-57(55-54-34)37(22-50)43(63-10)32-15-13-31(14-16-32)33-23-52-47(51)53-24-33/h13-16,23-30,35-38,42-44,46,61H,12,17-22H2,1-11H3,(H2,51,52,53)/t26-,27-,28-,29+,30-,35-,36+,37-,38-,42-,43-,44-,46+,48-,49+/m1/s1. The summed E-state index contributed by atoms with van der Waals surface area (Å²) in [5, 5.41) is 20.7. The number of aliphatic hydroxyl groups is 1. The highest BCUT2D eigenvalue weighted by atomic mass is 19.1. The number of ether oxygens (including phenoxy) is 6. The quantitative estimate of drug-likeness (QED) is 0.159. The average molecular weight is 952 g/mol. The number of fused-ring (bicyclic) bond motifs is 1. The summed E-state index contributed by atoms with van der Waals surface area (Å²) in [6.45, 7) is 13.4. The predicted octanol–water partition coefficient (Wildman–Crippen LogP) is 5.07. The third kappa shape index (κ3) is 11.0. The first kappa shape index (κ1) is 52.6. The minimum Gasteiger partial charge on any atom is -0.458 e. The minimum absolute atomic E-state index is 0.0253. The molecule has 3 aromatic rings. The largest absolute Gasteiger partial charge is 0.458 e. The van der Waals surface area contributed by atoms with Gasteiger partial charge in [0.25, 0.3) is 0 Å². The maximum Gasteiger partial charge on any atom is 0.316 e. The van der Waals surface area contributed by atoms with Gasteiger partial charge in [-0.3, -0.25) is 19.2 Å². The Bertz CT molecular complexity index is 2220. The number of nitrogen functional groups attached to an aromatic ring is 1. The summed E-state index contributed by atoms with van der Waals surface area (Å²) < 4.78 is 53.1. The van der Waals surface area contributed by atoms with E-state index in [1.54, 1.807) is 60.1 Å². The number of rotatable bonds is 14. The van der Waals surface area contributed by atoms with Gasteiger partial charge in [-0.15, -0.1) is 5.10 Å². The molecule has 19 heteroatoms. The number of aliphatic hydroxyl groups excluding tert-OH is 1. The van der Waals surface area contributed by atoms with E-state index in [-0.39, 0.29) is 31.0 Å². The van der Waals surface area contributed by atoms with E-state index in [2.05, 4.69) is 20.3 Å². The Kier molecular flexibility index (Phi) is 16.9. The Balaban J connectivity index is 1.18. The number of cyclic esters (lactones) is 1. The van der Waals surface area contributed by atoms with Crippen molar-refractivity contribution in [1.82, 2.24) is 29.9 Å². The van der Waals surface area contributed by atoms with Gasteiger partial charge in [0, 0.05) is 81.1 Å². The van der Waals surface area contributed by atoms with Gasteiger partial charge >= 0.3 is 11.9 Å². The molecule has 374 valence electrons. The highest BCUT2D eigenvalue weighted by molar-refractivity contribution is 6.00. The molecule has 0 saturated carbocycles. The van der Waals surface area contributed by atoms with Crippen molar-refractivity contribution in [2.45, 2.75) is 148 Å². The summed E-state index contributed by atoms with van der Waals surface area (Å²) in [4.78, 5) is 65.4. The normalized spacial score (nSPS) is 33.9. The number of hydrogen-bond acceptors (Lipinski definition) is 17. The summed E-state index contributed by atoms with van der Waals surface area (Å²) in [6, 6.07) is 6.18. The van der Waals surface area contributed by atoms with Crippen LogP contribution in [0.5, 0.6) is 0 Å². The Morgan fingerprint density at radius 3 is 2.29 bits per heavy atom. The van der Waals surface area contributed by atoms with Crippen LogP contribution in [0.4, 0.5) is 10.3 Å². The Labute approximate surface area is 398 Å². The van der Waals surface area contributed by atoms with Gasteiger partial charge in [0.15, 0.2) is 12.1 Å². The third-order valence-electron chi connectivity index (χ3n) is 14.8. The number of benzene rings is 1. The van der Waals surface area contributed by atoms with E-state index in [1.165, 1.54) is 25.8 Å². The van der Waals surface area contributed by atoms with Crippen LogP contribution in [0.1, 0.15) is 104 Å². The fourth-order valence-electron chi connectivity index (χ4n) is 10.6. The van der Waals surface area contributed by atoms with Crippen LogP contribution in [-0.2, 0) is 54.0 Å².